The minimum absolute atomic E-state index is 0.314. The van der Waals surface area contributed by atoms with Gasteiger partial charge in [-0.05, 0) is 19.9 Å². The fraction of sp³-hybridized carbons (Fsp3) is 0.600. The van der Waals surface area contributed by atoms with E-state index in [0.29, 0.717) is 18.5 Å². The highest BCUT2D eigenvalue weighted by Gasteiger charge is 2.50. The summed E-state index contributed by atoms with van der Waals surface area (Å²) in [6.07, 6.45) is 0.203. The summed E-state index contributed by atoms with van der Waals surface area (Å²) in [5.74, 6) is -2.54. The average Bonchev–Trinajstić information content (AvgIpc) is 2.47. The van der Waals surface area contributed by atoms with Crippen LogP contribution < -0.4 is 5.32 Å². The monoisotopic (exact) mass is 213 g/mol. The van der Waals surface area contributed by atoms with E-state index in [1.165, 1.54) is 0 Å². The number of carbonyl (C=O) groups is 2. The zero-order chi connectivity index (χ0) is 11.6. The molecule has 1 saturated heterocycles. The van der Waals surface area contributed by atoms with Gasteiger partial charge in [-0.15, -0.1) is 0 Å². The van der Waals surface area contributed by atoms with Crippen LogP contribution in [0.2, 0.25) is 0 Å². The first kappa shape index (κ1) is 11.7. The van der Waals surface area contributed by atoms with Gasteiger partial charge >= 0.3 is 11.9 Å². The Morgan fingerprint density at radius 1 is 1.53 bits per heavy atom. The van der Waals surface area contributed by atoms with Crippen molar-refractivity contribution in [3.8, 4) is 0 Å². The standard InChI is InChI=1S/C10H15NO4/c1-6(2)7-3-4-11-10(7,9(14)15)5-8(12)13/h7,11H,1,3-5H2,2H3,(H,12,13)(H,14,15)/t7?,10-/m0/s1. The lowest BCUT2D eigenvalue weighted by Gasteiger charge is -2.30. The van der Waals surface area contributed by atoms with Crippen molar-refractivity contribution < 1.29 is 19.8 Å². The molecule has 3 N–H and O–H groups in total. The van der Waals surface area contributed by atoms with Gasteiger partial charge in [-0.1, -0.05) is 12.2 Å². The maximum atomic E-state index is 11.2. The van der Waals surface area contributed by atoms with Crippen molar-refractivity contribution in [3.05, 3.63) is 12.2 Å². The molecule has 0 aromatic heterocycles. The van der Waals surface area contributed by atoms with Crippen LogP contribution in [0.5, 0.6) is 0 Å². The lowest BCUT2D eigenvalue weighted by molar-refractivity contribution is -0.152. The molecule has 1 fully saturated rings. The van der Waals surface area contributed by atoms with E-state index in [0.717, 1.165) is 0 Å². The Kier molecular flexibility index (Phi) is 3.14. The van der Waals surface area contributed by atoms with E-state index in [2.05, 4.69) is 11.9 Å². The Hall–Kier alpha value is -1.36. The molecule has 5 heteroatoms. The summed E-state index contributed by atoms with van der Waals surface area (Å²) in [5.41, 5.74) is -0.666. The smallest absolute Gasteiger partial charge is 0.325 e. The zero-order valence-electron chi connectivity index (χ0n) is 8.62. The highest BCUT2D eigenvalue weighted by molar-refractivity contribution is 5.86. The van der Waals surface area contributed by atoms with E-state index in [4.69, 9.17) is 10.2 Å². The highest BCUT2D eigenvalue weighted by Crippen LogP contribution is 2.34. The largest absolute Gasteiger partial charge is 0.481 e. The molecule has 0 bridgehead atoms. The first-order valence-corrected chi connectivity index (χ1v) is 4.76. The fourth-order valence-electron chi connectivity index (χ4n) is 2.20. The van der Waals surface area contributed by atoms with Gasteiger partial charge in [-0.3, -0.25) is 9.59 Å². The molecule has 15 heavy (non-hydrogen) atoms. The molecule has 0 amide bonds. The quantitative estimate of drug-likeness (QED) is 0.591. The lowest BCUT2D eigenvalue weighted by atomic mass is 9.79. The van der Waals surface area contributed by atoms with Crippen LogP contribution in [0, 0.1) is 5.92 Å². The summed E-state index contributed by atoms with van der Waals surface area (Å²) in [4.78, 5) is 21.9. The fourth-order valence-corrected chi connectivity index (χ4v) is 2.20. The average molecular weight is 213 g/mol. The van der Waals surface area contributed by atoms with Crippen molar-refractivity contribution in [3.63, 3.8) is 0 Å². The second kappa shape index (κ2) is 4.02. The van der Waals surface area contributed by atoms with Crippen molar-refractivity contribution in [1.82, 2.24) is 5.32 Å². The van der Waals surface area contributed by atoms with Crippen molar-refractivity contribution in [2.75, 3.05) is 6.54 Å². The number of aliphatic carboxylic acids is 2. The first-order valence-electron chi connectivity index (χ1n) is 4.76. The number of rotatable bonds is 4. The first-order chi connectivity index (χ1) is 6.90. The molecule has 1 aliphatic heterocycles. The van der Waals surface area contributed by atoms with Gasteiger partial charge in [0.15, 0.2) is 0 Å². The lowest BCUT2D eigenvalue weighted by Crippen LogP contribution is -2.53. The maximum absolute atomic E-state index is 11.2. The van der Waals surface area contributed by atoms with Crippen LogP contribution >= 0.6 is 0 Å². The van der Waals surface area contributed by atoms with Crippen LogP contribution in [0.25, 0.3) is 0 Å². The van der Waals surface area contributed by atoms with Crippen LogP contribution in [0.15, 0.2) is 12.2 Å². The molecule has 5 nitrogen and oxygen atoms in total. The molecule has 0 radical (unpaired) electrons. The van der Waals surface area contributed by atoms with Gasteiger partial charge in [0.05, 0.1) is 6.42 Å². The SMILES string of the molecule is C=C(C)C1CCN[C@]1(CC(=O)O)C(=O)O. The van der Waals surface area contributed by atoms with Crippen LogP contribution in [0.1, 0.15) is 19.8 Å². The van der Waals surface area contributed by atoms with Gasteiger partial charge in [0.25, 0.3) is 0 Å². The highest BCUT2D eigenvalue weighted by atomic mass is 16.4. The van der Waals surface area contributed by atoms with Gasteiger partial charge in [-0.2, -0.15) is 0 Å². The summed E-state index contributed by atoms with van der Waals surface area (Å²) >= 11 is 0. The van der Waals surface area contributed by atoms with Crippen LogP contribution in [-0.4, -0.2) is 34.2 Å². The van der Waals surface area contributed by atoms with Crippen LogP contribution in [0.4, 0.5) is 0 Å². The van der Waals surface area contributed by atoms with Gasteiger partial charge in [-0.25, -0.2) is 0 Å². The molecule has 0 aromatic rings. The molecule has 0 spiro atoms. The molecule has 1 aliphatic rings. The Labute approximate surface area is 87.8 Å². The summed E-state index contributed by atoms with van der Waals surface area (Å²) in [6.45, 7) is 5.97. The molecule has 84 valence electrons. The predicted molar refractivity (Wildman–Crippen MR) is 53.5 cm³/mol. The number of carboxylic acid groups (broad SMARTS) is 2. The van der Waals surface area contributed by atoms with Gasteiger partial charge < -0.3 is 15.5 Å². The van der Waals surface area contributed by atoms with Crippen molar-refractivity contribution in [2.45, 2.75) is 25.3 Å². The van der Waals surface area contributed by atoms with Gasteiger partial charge in [0.1, 0.15) is 5.54 Å². The van der Waals surface area contributed by atoms with Crippen molar-refractivity contribution in [1.29, 1.82) is 0 Å². The number of hydrogen-bond acceptors (Lipinski definition) is 3. The topological polar surface area (TPSA) is 86.6 Å². The molecule has 1 rings (SSSR count). The third kappa shape index (κ3) is 2.02. The molecule has 1 unspecified atom stereocenters. The summed E-state index contributed by atoms with van der Waals surface area (Å²) < 4.78 is 0. The third-order valence-corrected chi connectivity index (χ3v) is 2.87. The number of hydrogen-bond donors (Lipinski definition) is 3. The van der Waals surface area contributed by atoms with E-state index < -0.39 is 23.9 Å². The molecule has 1 heterocycles. The zero-order valence-corrected chi connectivity index (χ0v) is 8.62. The number of nitrogens with one attached hydrogen (secondary N) is 1. The predicted octanol–water partition coefficient (Wildman–Crippen LogP) is 0.470. The molecule has 0 saturated carbocycles. The van der Waals surface area contributed by atoms with Crippen LogP contribution in [0.3, 0.4) is 0 Å². The Balaban J connectivity index is 3.03. The Morgan fingerprint density at radius 2 is 2.13 bits per heavy atom. The van der Waals surface area contributed by atoms with Gasteiger partial charge in [0, 0.05) is 5.92 Å². The van der Waals surface area contributed by atoms with E-state index in [1.54, 1.807) is 6.92 Å². The normalized spacial score (nSPS) is 30.1. The Morgan fingerprint density at radius 3 is 2.53 bits per heavy atom. The van der Waals surface area contributed by atoms with Crippen molar-refractivity contribution >= 4 is 11.9 Å². The third-order valence-electron chi connectivity index (χ3n) is 2.87. The molecule has 2 atom stereocenters. The van der Waals surface area contributed by atoms with Crippen molar-refractivity contribution in [2.24, 2.45) is 5.92 Å². The Bertz CT molecular complexity index is 313. The minimum Gasteiger partial charge on any atom is -0.481 e. The molecule has 0 aromatic carbocycles. The molecular formula is C10H15NO4. The second-order valence-electron chi connectivity index (χ2n) is 3.96. The number of carboxylic acids is 2. The minimum atomic E-state index is -1.38. The molecule has 0 aliphatic carbocycles. The maximum Gasteiger partial charge on any atom is 0.325 e. The summed E-state index contributed by atoms with van der Waals surface area (Å²) in [5, 5.41) is 20.7. The second-order valence-corrected chi connectivity index (χ2v) is 3.96. The summed E-state index contributed by atoms with van der Waals surface area (Å²) in [7, 11) is 0. The van der Waals surface area contributed by atoms with Gasteiger partial charge in [0.2, 0.25) is 0 Å². The summed E-state index contributed by atoms with van der Waals surface area (Å²) in [6, 6.07) is 0. The van der Waals surface area contributed by atoms with Crippen LogP contribution in [-0.2, 0) is 9.59 Å². The van der Waals surface area contributed by atoms with E-state index >= 15 is 0 Å². The van der Waals surface area contributed by atoms with E-state index in [-0.39, 0.29) is 5.92 Å². The van der Waals surface area contributed by atoms with E-state index in [9.17, 15) is 9.59 Å². The molecular weight excluding hydrogens is 198 g/mol. The van der Waals surface area contributed by atoms with E-state index in [1.807, 2.05) is 0 Å².